The maximum atomic E-state index is 12.4. The minimum absolute atomic E-state index is 0.0923. The van der Waals surface area contributed by atoms with Gasteiger partial charge in [0.1, 0.15) is 5.75 Å². The van der Waals surface area contributed by atoms with Crippen molar-refractivity contribution in [3.63, 3.8) is 0 Å². The van der Waals surface area contributed by atoms with Crippen LogP contribution < -0.4 is 10.2 Å². The molecule has 0 aliphatic heterocycles. The van der Waals surface area contributed by atoms with Gasteiger partial charge in [-0.25, -0.2) is 0 Å². The molecular weight excluding hydrogens is 536 g/mol. The summed E-state index contributed by atoms with van der Waals surface area (Å²) in [5.41, 5.74) is 2.00. The van der Waals surface area contributed by atoms with E-state index in [4.69, 9.17) is 4.42 Å². The number of ketones is 2. The molecule has 2 aromatic rings. The van der Waals surface area contributed by atoms with Crippen LogP contribution in [-0.4, -0.2) is 23.6 Å². The molecule has 1 aromatic carbocycles. The van der Waals surface area contributed by atoms with Crippen LogP contribution in [0.4, 0.5) is 18.9 Å². The lowest BCUT2D eigenvalue weighted by molar-refractivity contribution is -0.274. The normalized spacial score (nSPS) is 12.0. The molecule has 0 atom stereocenters. The summed E-state index contributed by atoms with van der Waals surface area (Å²) < 4.78 is 46.6. The second-order valence-corrected chi connectivity index (χ2v) is 6.76. The van der Waals surface area contributed by atoms with Crippen LogP contribution in [-0.2, 0) is 4.79 Å². The number of benzene rings is 1. The number of Topliss-reactive ketones (excluding diaryl/α,β-unsaturated/α-hetero) is 2. The fourth-order valence-electron chi connectivity index (χ4n) is 1.75. The van der Waals surface area contributed by atoms with Gasteiger partial charge in [-0.2, -0.15) is 5.10 Å². The summed E-state index contributed by atoms with van der Waals surface area (Å²) in [6.45, 7) is 1.13. The third-order valence-electron chi connectivity index (χ3n) is 2.83. The van der Waals surface area contributed by atoms with Gasteiger partial charge in [0.15, 0.2) is 17.3 Å². The van der Waals surface area contributed by atoms with Gasteiger partial charge in [0.2, 0.25) is 0 Å². The first-order chi connectivity index (χ1) is 12.1. The van der Waals surface area contributed by atoms with Gasteiger partial charge in [-0.3, -0.25) is 15.0 Å². The summed E-state index contributed by atoms with van der Waals surface area (Å²) in [5, 5.41) is 3.71. The smallest absolute Gasteiger partial charge is 0.460 e. The van der Waals surface area contributed by atoms with Crippen molar-refractivity contribution in [3.05, 3.63) is 44.3 Å². The van der Waals surface area contributed by atoms with E-state index in [1.807, 2.05) is 0 Å². The SMILES string of the molecule is CC(=O)/C(=N\Nc1ccc(I)c(OC(F)(F)F)c1)C(=O)c1occc1Br. The Balaban J connectivity index is 2.28. The molecule has 0 bridgehead atoms. The molecule has 1 aromatic heterocycles. The minimum Gasteiger partial charge on any atom is -0.460 e. The van der Waals surface area contributed by atoms with Crippen molar-refractivity contribution in [2.75, 3.05) is 5.43 Å². The summed E-state index contributed by atoms with van der Waals surface area (Å²) in [6, 6.07) is 5.29. The monoisotopic (exact) mass is 544 g/mol. The van der Waals surface area contributed by atoms with E-state index in [0.29, 0.717) is 4.47 Å². The lowest BCUT2D eigenvalue weighted by Gasteiger charge is -2.12. The van der Waals surface area contributed by atoms with Crippen molar-refractivity contribution in [1.82, 2.24) is 0 Å². The van der Waals surface area contributed by atoms with E-state index in [-0.39, 0.29) is 15.0 Å². The van der Waals surface area contributed by atoms with Gasteiger partial charge in [0.05, 0.1) is 20.0 Å². The zero-order valence-electron chi connectivity index (χ0n) is 12.9. The molecule has 0 saturated carbocycles. The standard InChI is InChI=1S/C15H9BrF3IN2O4/c1-7(23)12(13(24)14-9(16)4-5-25-14)22-21-8-2-3-10(20)11(6-8)26-15(17,18)19/h2-6,21H,1H3/b22-12+. The second kappa shape index (κ2) is 8.20. The number of nitrogens with zero attached hydrogens (tertiary/aromatic N) is 1. The van der Waals surface area contributed by atoms with Crippen molar-refractivity contribution in [2.45, 2.75) is 13.3 Å². The number of furan rings is 1. The average molecular weight is 545 g/mol. The van der Waals surface area contributed by atoms with Crippen LogP contribution in [0.15, 0.2) is 44.5 Å². The second-order valence-electron chi connectivity index (χ2n) is 4.75. The van der Waals surface area contributed by atoms with Crippen LogP contribution in [0, 0.1) is 3.57 Å². The summed E-state index contributed by atoms with van der Waals surface area (Å²) in [7, 11) is 0. The largest absolute Gasteiger partial charge is 0.573 e. The number of hydrazone groups is 1. The predicted octanol–water partition coefficient (Wildman–Crippen LogP) is 4.79. The molecule has 0 unspecified atom stereocenters. The molecular formula is C15H9BrF3IN2O4. The molecule has 0 radical (unpaired) electrons. The third-order valence-corrected chi connectivity index (χ3v) is 4.34. The summed E-state index contributed by atoms with van der Waals surface area (Å²) in [5.74, 6) is -1.99. The van der Waals surface area contributed by atoms with Crippen LogP contribution in [0.1, 0.15) is 17.5 Å². The lowest BCUT2D eigenvalue weighted by Crippen LogP contribution is -2.23. The molecule has 0 saturated heterocycles. The topological polar surface area (TPSA) is 80.9 Å². The number of anilines is 1. The number of hydrogen-bond acceptors (Lipinski definition) is 6. The molecule has 2 rings (SSSR count). The Hall–Kier alpha value is -1.89. The zero-order valence-corrected chi connectivity index (χ0v) is 16.6. The fraction of sp³-hybridized carbons (Fsp3) is 0.133. The highest BCUT2D eigenvalue weighted by atomic mass is 127. The van der Waals surface area contributed by atoms with Crippen molar-refractivity contribution in [3.8, 4) is 5.75 Å². The van der Waals surface area contributed by atoms with Crippen LogP contribution in [0.25, 0.3) is 0 Å². The fourth-order valence-corrected chi connectivity index (χ4v) is 2.58. The third kappa shape index (κ3) is 5.30. The number of ether oxygens (including phenoxy) is 1. The quantitative estimate of drug-likeness (QED) is 0.186. The van der Waals surface area contributed by atoms with Gasteiger partial charge in [-0.15, -0.1) is 13.2 Å². The Kier molecular flexibility index (Phi) is 6.44. The van der Waals surface area contributed by atoms with E-state index in [1.165, 1.54) is 24.5 Å². The predicted molar refractivity (Wildman–Crippen MR) is 98.3 cm³/mol. The molecule has 0 amide bonds. The number of hydrogen-bond donors (Lipinski definition) is 1. The van der Waals surface area contributed by atoms with E-state index < -0.39 is 29.4 Å². The van der Waals surface area contributed by atoms with Gasteiger partial charge < -0.3 is 9.15 Å². The van der Waals surface area contributed by atoms with Crippen LogP contribution in [0.2, 0.25) is 0 Å². The zero-order chi connectivity index (χ0) is 19.5. The van der Waals surface area contributed by atoms with Crippen LogP contribution >= 0.6 is 38.5 Å². The molecule has 1 heterocycles. The molecule has 138 valence electrons. The number of rotatable bonds is 6. The first-order valence-electron chi connectivity index (χ1n) is 6.76. The molecule has 0 aliphatic carbocycles. The maximum Gasteiger partial charge on any atom is 0.573 e. The summed E-state index contributed by atoms with van der Waals surface area (Å²) in [4.78, 5) is 24.0. The van der Waals surface area contributed by atoms with Gasteiger partial charge in [0.25, 0.3) is 5.78 Å². The van der Waals surface area contributed by atoms with E-state index >= 15 is 0 Å². The van der Waals surface area contributed by atoms with E-state index in [9.17, 15) is 22.8 Å². The number of carbonyl (C=O) groups is 2. The van der Waals surface area contributed by atoms with E-state index in [2.05, 4.69) is 31.2 Å². The van der Waals surface area contributed by atoms with Gasteiger partial charge in [0, 0.05) is 13.0 Å². The lowest BCUT2D eigenvalue weighted by atomic mass is 10.1. The minimum atomic E-state index is -4.85. The van der Waals surface area contributed by atoms with Crippen molar-refractivity contribution in [2.24, 2.45) is 5.10 Å². The number of alkyl halides is 3. The van der Waals surface area contributed by atoms with Crippen LogP contribution in [0.5, 0.6) is 5.75 Å². The van der Waals surface area contributed by atoms with E-state index in [1.54, 1.807) is 22.6 Å². The average Bonchev–Trinajstić information content (AvgIpc) is 2.94. The first kappa shape index (κ1) is 20.4. The Bertz CT molecular complexity index is 880. The number of halogens is 5. The summed E-state index contributed by atoms with van der Waals surface area (Å²) >= 11 is 4.78. The maximum absolute atomic E-state index is 12.4. The first-order valence-corrected chi connectivity index (χ1v) is 8.63. The highest BCUT2D eigenvalue weighted by Crippen LogP contribution is 2.30. The van der Waals surface area contributed by atoms with Gasteiger partial charge >= 0.3 is 6.36 Å². The summed E-state index contributed by atoms with van der Waals surface area (Å²) in [6.07, 6.45) is -3.60. The molecule has 1 N–H and O–H groups in total. The molecule has 0 spiro atoms. The Labute approximate surface area is 167 Å². The Morgan fingerprint density at radius 1 is 1.31 bits per heavy atom. The number of carbonyl (C=O) groups excluding carboxylic acids is 2. The molecule has 26 heavy (non-hydrogen) atoms. The van der Waals surface area contributed by atoms with Crippen molar-refractivity contribution >= 4 is 61.5 Å². The highest BCUT2D eigenvalue weighted by Gasteiger charge is 2.32. The molecule has 11 heteroatoms. The molecule has 0 aliphatic rings. The highest BCUT2D eigenvalue weighted by molar-refractivity contribution is 14.1. The van der Waals surface area contributed by atoms with Crippen molar-refractivity contribution in [1.29, 1.82) is 0 Å². The Morgan fingerprint density at radius 2 is 2.00 bits per heavy atom. The van der Waals surface area contributed by atoms with E-state index in [0.717, 1.165) is 13.0 Å². The van der Waals surface area contributed by atoms with Crippen molar-refractivity contribution < 1.29 is 31.9 Å². The van der Waals surface area contributed by atoms with Gasteiger partial charge in [-0.05, 0) is 56.7 Å². The number of nitrogens with one attached hydrogen (secondary N) is 1. The Morgan fingerprint density at radius 3 is 2.54 bits per heavy atom. The van der Waals surface area contributed by atoms with Crippen LogP contribution in [0.3, 0.4) is 0 Å². The molecule has 0 fully saturated rings. The van der Waals surface area contributed by atoms with Gasteiger partial charge in [-0.1, -0.05) is 0 Å². The molecule has 6 nitrogen and oxygen atoms in total.